The van der Waals surface area contributed by atoms with Gasteiger partial charge in [0, 0.05) is 16.5 Å². The topological polar surface area (TPSA) is 40.9 Å². The highest BCUT2D eigenvalue weighted by Crippen LogP contribution is 2.28. The highest BCUT2D eigenvalue weighted by atomic mass is 16.1. The Hall–Kier alpha value is -2.40. The van der Waals surface area contributed by atoms with Gasteiger partial charge in [0.15, 0.2) is 5.78 Å². The molecular weight excluding hydrogens is 246 g/mol. The molecule has 0 saturated heterocycles. The summed E-state index contributed by atoms with van der Waals surface area (Å²) < 4.78 is 0. The molecule has 2 aromatic rings. The second-order valence-electron chi connectivity index (χ2n) is 5.82. The fraction of sp³-hybridized carbons (Fsp3) is 0.222. The SMILES string of the molecule is CC(C)(C)C(=O)c1ccc(C#N)c(-c2ccccc2)c1. The Kier molecular flexibility index (Phi) is 3.72. The van der Waals surface area contributed by atoms with Gasteiger partial charge in [-0.05, 0) is 17.7 Å². The maximum Gasteiger partial charge on any atom is 0.168 e. The van der Waals surface area contributed by atoms with Gasteiger partial charge in [0.2, 0.25) is 0 Å². The van der Waals surface area contributed by atoms with Crippen molar-refractivity contribution in [3.63, 3.8) is 0 Å². The molecule has 2 rings (SSSR count). The molecular formula is C18H17NO. The van der Waals surface area contributed by atoms with Crippen LogP contribution < -0.4 is 0 Å². The van der Waals surface area contributed by atoms with Gasteiger partial charge in [0.05, 0.1) is 11.6 Å². The molecule has 100 valence electrons. The molecule has 0 N–H and O–H groups in total. The Bertz CT molecular complexity index is 673. The van der Waals surface area contributed by atoms with Crippen LogP contribution in [0.25, 0.3) is 11.1 Å². The Morgan fingerprint density at radius 2 is 1.70 bits per heavy atom. The van der Waals surface area contributed by atoms with Gasteiger partial charge in [0.25, 0.3) is 0 Å². The molecule has 0 radical (unpaired) electrons. The standard InChI is InChI=1S/C18H17NO/c1-18(2,3)17(20)14-9-10-15(12-19)16(11-14)13-7-5-4-6-8-13/h4-11H,1-3H3. The van der Waals surface area contributed by atoms with Gasteiger partial charge in [0.1, 0.15) is 0 Å². The molecule has 0 fully saturated rings. The van der Waals surface area contributed by atoms with Crippen molar-refractivity contribution in [3.8, 4) is 17.2 Å². The molecule has 0 amide bonds. The molecule has 0 aliphatic rings. The van der Waals surface area contributed by atoms with E-state index in [1.807, 2.05) is 57.2 Å². The van der Waals surface area contributed by atoms with Gasteiger partial charge in [-0.1, -0.05) is 57.2 Å². The molecule has 0 unspecified atom stereocenters. The lowest BCUT2D eigenvalue weighted by atomic mass is 9.85. The Balaban J connectivity index is 2.57. The Labute approximate surface area is 119 Å². The van der Waals surface area contributed by atoms with E-state index in [-0.39, 0.29) is 5.78 Å². The number of nitrogens with zero attached hydrogens (tertiary/aromatic N) is 1. The Morgan fingerprint density at radius 3 is 2.25 bits per heavy atom. The van der Waals surface area contributed by atoms with Gasteiger partial charge in [-0.3, -0.25) is 4.79 Å². The van der Waals surface area contributed by atoms with Crippen molar-refractivity contribution in [1.82, 2.24) is 0 Å². The predicted molar refractivity (Wildman–Crippen MR) is 80.4 cm³/mol. The van der Waals surface area contributed by atoms with Crippen LogP contribution in [0.4, 0.5) is 0 Å². The number of hydrogen-bond acceptors (Lipinski definition) is 2. The number of nitriles is 1. The maximum atomic E-state index is 12.4. The fourth-order valence-corrected chi connectivity index (χ4v) is 2.07. The number of carbonyl (C=O) groups is 1. The van der Waals surface area contributed by atoms with Gasteiger partial charge >= 0.3 is 0 Å². The predicted octanol–water partition coefficient (Wildman–Crippen LogP) is 4.45. The fourth-order valence-electron chi connectivity index (χ4n) is 2.07. The minimum absolute atomic E-state index is 0.0826. The minimum atomic E-state index is -0.428. The molecule has 0 saturated carbocycles. The van der Waals surface area contributed by atoms with Crippen molar-refractivity contribution < 1.29 is 4.79 Å². The highest BCUT2D eigenvalue weighted by molar-refractivity contribution is 6.01. The van der Waals surface area contributed by atoms with Crippen LogP contribution in [0.3, 0.4) is 0 Å². The summed E-state index contributed by atoms with van der Waals surface area (Å²) in [6.45, 7) is 5.70. The highest BCUT2D eigenvalue weighted by Gasteiger charge is 2.23. The maximum absolute atomic E-state index is 12.4. The second kappa shape index (κ2) is 5.30. The largest absolute Gasteiger partial charge is 0.294 e. The molecule has 0 bridgehead atoms. The lowest BCUT2D eigenvalue weighted by Gasteiger charge is -2.17. The van der Waals surface area contributed by atoms with E-state index >= 15 is 0 Å². The third kappa shape index (κ3) is 2.78. The Morgan fingerprint density at radius 1 is 1.05 bits per heavy atom. The molecule has 2 aromatic carbocycles. The molecule has 0 spiro atoms. The van der Waals surface area contributed by atoms with E-state index in [0.29, 0.717) is 11.1 Å². The number of ketones is 1. The van der Waals surface area contributed by atoms with E-state index < -0.39 is 5.41 Å². The summed E-state index contributed by atoms with van der Waals surface area (Å²) in [5.41, 5.74) is 2.56. The van der Waals surface area contributed by atoms with Gasteiger partial charge < -0.3 is 0 Å². The van der Waals surface area contributed by atoms with Crippen LogP contribution in [0, 0.1) is 16.7 Å². The smallest absolute Gasteiger partial charge is 0.168 e. The van der Waals surface area contributed by atoms with Crippen LogP contribution in [0.5, 0.6) is 0 Å². The summed E-state index contributed by atoms with van der Waals surface area (Å²) in [6, 6.07) is 17.1. The monoisotopic (exact) mass is 263 g/mol. The lowest BCUT2D eigenvalue weighted by Crippen LogP contribution is -2.20. The summed E-state index contributed by atoms with van der Waals surface area (Å²) in [5.74, 6) is 0.0826. The third-order valence-electron chi connectivity index (χ3n) is 3.17. The lowest BCUT2D eigenvalue weighted by molar-refractivity contribution is 0.0858. The van der Waals surface area contributed by atoms with Crippen molar-refractivity contribution in [2.45, 2.75) is 20.8 Å². The first-order valence-electron chi connectivity index (χ1n) is 6.58. The molecule has 0 aromatic heterocycles. The van der Waals surface area contributed by atoms with E-state index in [4.69, 9.17) is 0 Å². The van der Waals surface area contributed by atoms with Crippen LogP contribution in [0.15, 0.2) is 48.5 Å². The van der Waals surface area contributed by atoms with Crippen LogP contribution >= 0.6 is 0 Å². The quantitative estimate of drug-likeness (QED) is 0.751. The van der Waals surface area contributed by atoms with Crippen LogP contribution in [0.2, 0.25) is 0 Å². The van der Waals surface area contributed by atoms with E-state index in [0.717, 1.165) is 11.1 Å². The first-order chi connectivity index (χ1) is 9.43. The first-order valence-corrected chi connectivity index (χ1v) is 6.58. The minimum Gasteiger partial charge on any atom is -0.294 e. The zero-order chi connectivity index (χ0) is 14.8. The summed E-state index contributed by atoms with van der Waals surface area (Å²) in [4.78, 5) is 12.4. The van der Waals surface area contributed by atoms with E-state index in [1.165, 1.54) is 0 Å². The third-order valence-corrected chi connectivity index (χ3v) is 3.17. The van der Waals surface area contributed by atoms with Gasteiger partial charge in [-0.15, -0.1) is 0 Å². The number of rotatable bonds is 2. The van der Waals surface area contributed by atoms with Crippen LogP contribution in [-0.4, -0.2) is 5.78 Å². The van der Waals surface area contributed by atoms with Crippen molar-refractivity contribution in [2.75, 3.05) is 0 Å². The molecule has 0 atom stereocenters. The van der Waals surface area contributed by atoms with Crippen LogP contribution in [-0.2, 0) is 0 Å². The molecule has 0 aliphatic carbocycles. The number of carbonyl (C=O) groups excluding carboxylic acids is 1. The summed E-state index contributed by atoms with van der Waals surface area (Å²) >= 11 is 0. The first kappa shape index (κ1) is 14.0. The second-order valence-corrected chi connectivity index (χ2v) is 5.82. The van der Waals surface area contributed by atoms with Crippen molar-refractivity contribution in [3.05, 3.63) is 59.7 Å². The van der Waals surface area contributed by atoms with Crippen molar-refractivity contribution in [2.24, 2.45) is 5.41 Å². The van der Waals surface area contributed by atoms with Crippen molar-refractivity contribution >= 4 is 5.78 Å². The molecule has 0 heterocycles. The summed E-state index contributed by atoms with van der Waals surface area (Å²) in [7, 11) is 0. The number of Topliss-reactive ketones (excluding diaryl/α,β-unsaturated/α-hetero) is 1. The van der Waals surface area contributed by atoms with E-state index in [1.54, 1.807) is 12.1 Å². The number of hydrogen-bond donors (Lipinski definition) is 0. The zero-order valence-electron chi connectivity index (χ0n) is 12.0. The molecule has 0 aliphatic heterocycles. The summed E-state index contributed by atoms with van der Waals surface area (Å²) in [6.07, 6.45) is 0. The number of benzene rings is 2. The average Bonchev–Trinajstić information content (AvgIpc) is 2.45. The van der Waals surface area contributed by atoms with Crippen molar-refractivity contribution in [1.29, 1.82) is 5.26 Å². The average molecular weight is 263 g/mol. The van der Waals surface area contributed by atoms with E-state index in [9.17, 15) is 10.1 Å². The molecule has 20 heavy (non-hydrogen) atoms. The van der Waals surface area contributed by atoms with Crippen LogP contribution in [0.1, 0.15) is 36.7 Å². The molecule has 2 nitrogen and oxygen atoms in total. The van der Waals surface area contributed by atoms with E-state index in [2.05, 4.69) is 6.07 Å². The normalized spacial score (nSPS) is 10.9. The summed E-state index contributed by atoms with van der Waals surface area (Å²) in [5, 5.41) is 9.23. The zero-order valence-corrected chi connectivity index (χ0v) is 12.0. The van der Waals surface area contributed by atoms with Gasteiger partial charge in [-0.25, -0.2) is 0 Å². The van der Waals surface area contributed by atoms with Gasteiger partial charge in [-0.2, -0.15) is 5.26 Å². The molecule has 2 heteroatoms.